The summed E-state index contributed by atoms with van der Waals surface area (Å²) in [4.78, 5) is 102. The van der Waals surface area contributed by atoms with Gasteiger partial charge in [0, 0.05) is 91.4 Å². The first kappa shape index (κ1) is 59.0. The topological polar surface area (TPSA) is 303 Å². The van der Waals surface area contributed by atoms with E-state index < -0.39 is 42.2 Å². The highest BCUT2D eigenvalue weighted by Gasteiger charge is 2.29. The molecule has 0 aromatic carbocycles. The predicted octanol–water partition coefficient (Wildman–Crippen LogP) is 6.23. The maximum Gasteiger partial charge on any atom is 0.407 e. The van der Waals surface area contributed by atoms with Crippen LogP contribution in [0.25, 0.3) is 0 Å². The number of amides is 2. The van der Waals surface area contributed by atoms with Crippen LogP contribution in [0.2, 0.25) is 0 Å². The smallest absolute Gasteiger partial charge is 0.407 e. The highest BCUT2D eigenvalue weighted by molar-refractivity contribution is 5.82. The molecule has 23 heteroatoms. The number of ether oxygens (including phenoxy) is 3. The number of fused-ring (bicyclic) bond motifs is 2. The standard InChI is InChI=1S/C28H38N6O6.C28H38N6O5/c1-17-25(29-16-23(27(36)37)33-28(38)40-15-12-24(35)39-3)30-18(2)31-26(17)34-13-10-20(11-14-34)22-9-8-19-6-4-5-7-21(19)32-22;1-17(35)12-15-39-28(38)33-24(27(36)37)16-29-25-18(2)26(31-19(3)30-25)34-13-10-21(11-14-34)23-9-8-20-6-4-5-7-22(20)32-23/h8-9,20,23H,4-7,10-16H2,1-3H3,(H,33,38)(H,36,37)(H,29,30,31);8-9,21,24H,4-7,10-16H2,1-3H3,(H,33,38)(H,36,37)(H,29,30,31)/t23-;24-/m00/s1. The molecule has 2 aliphatic carbocycles. The largest absolute Gasteiger partial charge is 0.480 e. The van der Waals surface area contributed by atoms with Crippen molar-refractivity contribution in [2.24, 2.45) is 0 Å². The molecule has 2 amide bonds. The second kappa shape index (κ2) is 28.2. The molecule has 0 radical (unpaired) electrons. The molecule has 0 bridgehead atoms. The summed E-state index contributed by atoms with van der Waals surface area (Å²) in [6.45, 7) is 11.6. The molecule has 0 spiro atoms. The van der Waals surface area contributed by atoms with E-state index in [1.54, 1.807) is 13.8 Å². The van der Waals surface area contributed by atoms with E-state index >= 15 is 0 Å². The van der Waals surface area contributed by atoms with Crippen LogP contribution in [0.4, 0.5) is 32.9 Å². The Kier molecular flexibility index (Phi) is 21.1. The second-order valence-corrected chi connectivity index (χ2v) is 20.6. The number of piperidine rings is 2. The number of methoxy groups -OCH3 is 1. The molecule has 2 saturated heterocycles. The molecule has 4 aliphatic rings. The van der Waals surface area contributed by atoms with E-state index in [4.69, 9.17) is 29.4 Å². The van der Waals surface area contributed by atoms with E-state index in [0.29, 0.717) is 35.1 Å². The minimum Gasteiger partial charge on any atom is -0.480 e. The average Bonchev–Trinajstić information content (AvgIpc) is 3.44. The predicted molar refractivity (Wildman–Crippen MR) is 294 cm³/mol. The Bertz CT molecular complexity index is 2820. The zero-order valence-corrected chi connectivity index (χ0v) is 46.3. The molecule has 6 heterocycles. The molecule has 2 atom stereocenters. The van der Waals surface area contributed by atoms with Crippen LogP contribution in [-0.2, 0) is 59.1 Å². The quantitative estimate of drug-likeness (QED) is 0.0422. The van der Waals surface area contributed by atoms with Gasteiger partial charge in [-0.1, -0.05) is 12.1 Å². The number of aliphatic carboxylic acids is 2. The number of pyridine rings is 2. The fourth-order valence-electron chi connectivity index (χ4n) is 10.4. The van der Waals surface area contributed by atoms with Crippen molar-refractivity contribution in [2.45, 2.75) is 148 Å². The number of carboxylic acid groups (broad SMARTS) is 2. The molecule has 6 N–H and O–H groups in total. The number of alkyl carbamates (subject to hydrolysis) is 2. The van der Waals surface area contributed by atoms with Crippen LogP contribution >= 0.6 is 0 Å². The van der Waals surface area contributed by atoms with E-state index in [9.17, 15) is 39.0 Å². The van der Waals surface area contributed by atoms with Crippen molar-refractivity contribution in [3.63, 3.8) is 0 Å². The molecule has 0 unspecified atom stereocenters. The lowest BCUT2D eigenvalue weighted by Crippen LogP contribution is -2.45. The number of esters is 1. The molecule has 4 aromatic rings. The summed E-state index contributed by atoms with van der Waals surface area (Å²) in [5.41, 5.74) is 9.36. The molecule has 2 fully saturated rings. The Hall–Kier alpha value is -7.72. The van der Waals surface area contributed by atoms with Crippen LogP contribution in [-0.4, -0.2) is 148 Å². The molecule has 0 saturated carbocycles. The maximum atomic E-state index is 12.0. The Balaban J connectivity index is 0.000000229. The minimum atomic E-state index is -1.27. The van der Waals surface area contributed by atoms with Crippen LogP contribution in [0.15, 0.2) is 24.3 Å². The fourth-order valence-corrected chi connectivity index (χ4v) is 10.4. The van der Waals surface area contributed by atoms with Crippen molar-refractivity contribution in [3.8, 4) is 0 Å². The number of Topliss-reactive ketones (excluding diaryl/α,β-unsaturated/α-hetero) is 1. The number of hydrogen-bond acceptors (Lipinski definition) is 19. The normalized spacial score (nSPS) is 16.1. The number of carbonyl (C=O) groups is 6. The number of ketones is 1. The molecule has 4 aromatic heterocycles. The van der Waals surface area contributed by atoms with Crippen molar-refractivity contribution in [3.05, 3.63) is 80.9 Å². The lowest BCUT2D eigenvalue weighted by molar-refractivity contribution is -0.142. The average molecular weight is 1090 g/mol. The maximum absolute atomic E-state index is 12.0. The van der Waals surface area contributed by atoms with Gasteiger partial charge in [-0.2, -0.15) is 0 Å². The second-order valence-electron chi connectivity index (χ2n) is 20.6. The summed E-state index contributed by atoms with van der Waals surface area (Å²) in [5, 5.41) is 29.9. The van der Waals surface area contributed by atoms with Crippen molar-refractivity contribution in [1.29, 1.82) is 0 Å². The number of nitrogens with one attached hydrogen (secondary N) is 4. The summed E-state index contributed by atoms with van der Waals surface area (Å²) in [7, 11) is 1.23. The summed E-state index contributed by atoms with van der Waals surface area (Å²) in [6.07, 6.45) is 11.4. The van der Waals surface area contributed by atoms with E-state index in [0.717, 1.165) is 100 Å². The molecule has 8 rings (SSSR count). The van der Waals surface area contributed by atoms with Gasteiger partial charge in [-0.25, -0.2) is 39.1 Å². The number of carbonyl (C=O) groups excluding carboxylic acids is 4. The van der Waals surface area contributed by atoms with Gasteiger partial charge in [-0.3, -0.25) is 19.6 Å². The Morgan fingerprint density at radius 2 is 0.987 bits per heavy atom. The monoisotopic (exact) mass is 1090 g/mol. The van der Waals surface area contributed by atoms with Gasteiger partial charge in [0.15, 0.2) is 0 Å². The number of anilines is 4. The van der Waals surface area contributed by atoms with Crippen LogP contribution in [0, 0.1) is 27.7 Å². The summed E-state index contributed by atoms with van der Waals surface area (Å²) in [6, 6.07) is 6.42. The van der Waals surface area contributed by atoms with Crippen molar-refractivity contribution >= 4 is 59.1 Å². The van der Waals surface area contributed by atoms with Gasteiger partial charge in [0.25, 0.3) is 0 Å². The number of nitrogens with zero attached hydrogens (tertiary/aromatic N) is 8. The highest BCUT2D eigenvalue weighted by atomic mass is 16.6. The zero-order valence-electron chi connectivity index (χ0n) is 46.3. The molecule has 2 aliphatic heterocycles. The number of hydrogen-bond donors (Lipinski definition) is 6. The number of aryl methyl sites for hydroxylation is 6. The molecular formula is C56H76N12O11. The number of carboxylic acids is 2. The van der Waals surface area contributed by atoms with Gasteiger partial charge in [0.1, 0.15) is 66.0 Å². The van der Waals surface area contributed by atoms with Gasteiger partial charge in [-0.15, -0.1) is 0 Å². The van der Waals surface area contributed by atoms with E-state index in [1.165, 1.54) is 73.6 Å². The van der Waals surface area contributed by atoms with Crippen LogP contribution in [0.5, 0.6) is 0 Å². The Labute approximate surface area is 460 Å². The summed E-state index contributed by atoms with van der Waals surface area (Å²) < 4.78 is 14.3. The van der Waals surface area contributed by atoms with Crippen molar-refractivity contribution in [2.75, 3.05) is 80.0 Å². The third-order valence-electron chi connectivity index (χ3n) is 14.9. The van der Waals surface area contributed by atoms with Crippen molar-refractivity contribution in [1.82, 2.24) is 40.5 Å². The third kappa shape index (κ3) is 16.7. The van der Waals surface area contributed by atoms with E-state index in [2.05, 4.69) is 70.0 Å². The van der Waals surface area contributed by atoms with Gasteiger partial charge in [0.2, 0.25) is 0 Å². The van der Waals surface area contributed by atoms with Crippen LogP contribution in [0.3, 0.4) is 0 Å². The minimum absolute atomic E-state index is 0.0761. The summed E-state index contributed by atoms with van der Waals surface area (Å²) >= 11 is 0. The van der Waals surface area contributed by atoms with Gasteiger partial charge in [-0.05, 0) is 135 Å². The SMILES string of the molecule is CC(=O)CCOC(=O)N[C@@H](CNc1nc(C)nc(N2CCC(c3ccc4c(n3)CCCC4)CC2)c1C)C(=O)O.COC(=O)CCOC(=O)N[C@@H](CNc1nc(C)nc(N2CCC(c3ccc4c(n3)CCCC4)CC2)c1C)C(=O)O. The Morgan fingerprint density at radius 1 is 0.582 bits per heavy atom. The van der Waals surface area contributed by atoms with Gasteiger partial charge < -0.3 is 55.5 Å². The first-order valence-corrected chi connectivity index (χ1v) is 27.5. The third-order valence-corrected chi connectivity index (χ3v) is 14.9. The molecule has 79 heavy (non-hydrogen) atoms. The van der Waals surface area contributed by atoms with Crippen LogP contribution in [0.1, 0.15) is 140 Å². The van der Waals surface area contributed by atoms with E-state index in [1.807, 2.05) is 13.8 Å². The van der Waals surface area contributed by atoms with Crippen molar-refractivity contribution < 1.29 is 53.2 Å². The fraction of sp³-hybridized carbons (Fsp3) is 0.571. The zero-order chi connectivity index (χ0) is 56.6. The highest BCUT2D eigenvalue weighted by Crippen LogP contribution is 2.35. The van der Waals surface area contributed by atoms with E-state index in [-0.39, 0.29) is 44.9 Å². The first-order chi connectivity index (χ1) is 38.0. The van der Waals surface area contributed by atoms with Gasteiger partial charge in [0.05, 0.1) is 13.5 Å². The Morgan fingerprint density at radius 3 is 1.38 bits per heavy atom. The lowest BCUT2D eigenvalue weighted by atomic mass is 9.90. The number of aromatic nitrogens is 6. The van der Waals surface area contributed by atoms with Gasteiger partial charge >= 0.3 is 30.1 Å². The molecular weight excluding hydrogens is 1020 g/mol. The van der Waals surface area contributed by atoms with Crippen LogP contribution < -0.4 is 31.1 Å². The number of rotatable bonds is 20. The molecule has 23 nitrogen and oxygen atoms in total. The lowest BCUT2D eigenvalue weighted by Gasteiger charge is -2.34. The summed E-state index contributed by atoms with van der Waals surface area (Å²) in [5.74, 6) is 1.53. The first-order valence-electron chi connectivity index (χ1n) is 27.5. The molecule has 426 valence electrons.